The van der Waals surface area contributed by atoms with Crippen LogP contribution in [0.1, 0.15) is 22.8 Å². The van der Waals surface area contributed by atoms with E-state index in [1.807, 2.05) is 31.2 Å². The molecule has 0 saturated carbocycles. The van der Waals surface area contributed by atoms with Gasteiger partial charge in [0.15, 0.2) is 5.82 Å². The van der Waals surface area contributed by atoms with Crippen molar-refractivity contribution in [3.05, 3.63) is 70.3 Å². The standard InChI is InChI=1S/C18H15ClN4S/c1-11-21-22-17-10-20-18(12-3-5-13(19)6-4-12)15-9-14(24-2)7-8-16(15)23(11)17/h3-9H,10H2,1-2H3. The number of thioether (sulfide) groups is 1. The highest BCUT2D eigenvalue weighted by Gasteiger charge is 2.21. The summed E-state index contributed by atoms with van der Waals surface area (Å²) in [7, 11) is 0. The molecule has 4 rings (SSSR count). The molecule has 120 valence electrons. The second-order valence-corrected chi connectivity index (χ2v) is 6.87. The molecule has 3 aromatic rings. The Morgan fingerprint density at radius 2 is 1.88 bits per heavy atom. The highest BCUT2D eigenvalue weighted by Crippen LogP contribution is 2.29. The van der Waals surface area contributed by atoms with E-state index in [4.69, 9.17) is 16.6 Å². The molecule has 0 aliphatic carbocycles. The van der Waals surface area contributed by atoms with Crippen molar-refractivity contribution in [2.45, 2.75) is 18.4 Å². The van der Waals surface area contributed by atoms with Crippen LogP contribution >= 0.6 is 23.4 Å². The summed E-state index contributed by atoms with van der Waals surface area (Å²) < 4.78 is 2.09. The number of aryl methyl sites for hydroxylation is 1. The Hall–Kier alpha value is -2.11. The molecule has 0 amide bonds. The minimum Gasteiger partial charge on any atom is -0.281 e. The van der Waals surface area contributed by atoms with Gasteiger partial charge in [-0.05, 0) is 43.5 Å². The Morgan fingerprint density at radius 3 is 2.62 bits per heavy atom. The molecule has 6 heteroatoms. The number of aliphatic imine (C=N–C) groups is 1. The summed E-state index contributed by atoms with van der Waals surface area (Å²) in [6, 6.07) is 14.2. The molecule has 0 radical (unpaired) electrons. The second-order valence-electron chi connectivity index (χ2n) is 5.55. The average molecular weight is 355 g/mol. The van der Waals surface area contributed by atoms with Crippen LogP contribution in [0.2, 0.25) is 5.02 Å². The molecule has 0 unspecified atom stereocenters. The second kappa shape index (κ2) is 6.07. The van der Waals surface area contributed by atoms with Gasteiger partial charge in [0, 0.05) is 21.0 Å². The van der Waals surface area contributed by atoms with Gasteiger partial charge in [-0.15, -0.1) is 22.0 Å². The van der Waals surface area contributed by atoms with Crippen LogP contribution in [0.3, 0.4) is 0 Å². The van der Waals surface area contributed by atoms with E-state index in [0.29, 0.717) is 6.54 Å². The van der Waals surface area contributed by atoms with Crippen LogP contribution in [-0.4, -0.2) is 26.7 Å². The lowest BCUT2D eigenvalue weighted by Gasteiger charge is -2.14. The van der Waals surface area contributed by atoms with Crippen LogP contribution in [0.5, 0.6) is 0 Å². The summed E-state index contributed by atoms with van der Waals surface area (Å²) in [4.78, 5) is 6.03. The molecular formula is C18H15ClN4S. The third-order valence-corrected chi connectivity index (χ3v) is 5.07. The molecule has 1 aromatic heterocycles. The topological polar surface area (TPSA) is 43.1 Å². The molecule has 1 aliphatic heterocycles. The fourth-order valence-corrected chi connectivity index (χ4v) is 3.50. The molecule has 4 nitrogen and oxygen atoms in total. The fourth-order valence-electron chi connectivity index (χ4n) is 2.94. The van der Waals surface area contributed by atoms with Gasteiger partial charge in [0.25, 0.3) is 0 Å². The zero-order valence-corrected chi connectivity index (χ0v) is 14.9. The Balaban J connectivity index is 1.97. The maximum atomic E-state index is 6.04. The van der Waals surface area contributed by atoms with Gasteiger partial charge in [-0.25, -0.2) is 0 Å². The van der Waals surface area contributed by atoms with Gasteiger partial charge in [-0.1, -0.05) is 23.7 Å². The Kier molecular flexibility index (Phi) is 3.90. The largest absolute Gasteiger partial charge is 0.281 e. The Labute approximate surface area is 149 Å². The molecular weight excluding hydrogens is 340 g/mol. The number of rotatable bonds is 2. The van der Waals surface area contributed by atoms with E-state index < -0.39 is 0 Å². The first-order valence-electron chi connectivity index (χ1n) is 7.57. The SMILES string of the molecule is CSc1ccc2c(c1)C(c1ccc(Cl)cc1)=NCc1nnc(C)n1-2. The quantitative estimate of drug-likeness (QED) is 0.644. The highest BCUT2D eigenvalue weighted by atomic mass is 35.5. The lowest BCUT2D eigenvalue weighted by molar-refractivity contribution is 0.861. The van der Waals surface area contributed by atoms with Crippen molar-refractivity contribution in [1.82, 2.24) is 14.8 Å². The molecule has 1 aliphatic rings. The number of hydrogen-bond acceptors (Lipinski definition) is 4. The van der Waals surface area contributed by atoms with Crippen LogP contribution in [0.15, 0.2) is 52.4 Å². The molecule has 0 fully saturated rings. The van der Waals surface area contributed by atoms with Gasteiger partial charge in [-0.2, -0.15) is 0 Å². The summed E-state index contributed by atoms with van der Waals surface area (Å²) in [5.74, 6) is 1.73. The van der Waals surface area contributed by atoms with E-state index in [9.17, 15) is 0 Å². The van der Waals surface area contributed by atoms with Gasteiger partial charge in [0.2, 0.25) is 0 Å². The summed E-state index contributed by atoms with van der Waals surface area (Å²) >= 11 is 7.76. The maximum absolute atomic E-state index is 6.04. The van der Waals surface area contributed by atoms with E-state index in [0.717, 1.165) is 39.2 Å². The van der Waals surface area contributed by atoms with Crippen LogP contribution in [0, 0.1) is 6.92 Å². The molecule has 0 saturated heterocycles. The van der Waals surface area contributed by atoms with Crippen LogP contribution in [0.4, 0.5) is 0 Å². The average Bonchev–Trinajstić information content (AvgIpc) is 2.88. The molecule has 24 heavy (non-hydrogen) atoms. The summed E-state index contributed by atoms with van der Waals surface area (Å²) in [5.41, 5.74) is 4.17. The normalized spacial score (nSPS) is 13.0. The van der Waals surface area contributed by atoms with Gasteiger partial charge in [0.05, 0.1) is 11.4 Å². The predicted octanol–water partition coefficient (Wildman–Crippen LogP) is 4.30. The summed E-state index contributed by atoms with van der Waals surface area (Å²) in [6.07, 6.45) is 2.08. The van der Waals surface area contributed by atoms with E-state index >= 15 is 0 Å². The zero-order chi connectivity index (χ0) is 16.7. The first-order chi connectivity index (χ1) is 11.7. The molecule has 2 heterocycles. The Morgan fingerprint density at radius 1 is 1.08 bits per heavy atom. The number of halogens is 1. The van der Waals surface area contributed by atoms with Gasteiger partial charge < -0.3 is 0 Å². The van der Waals surface area contributed by atoms with Crippen molar-refractivity contribution in [3.63, 3.8) is 0 Å². The van der Waals surface area contributed by atoms with Crippen LogP contribution in [-0.2, 0) is 6.54 Å². The van der Waals surface area contributed by atoms with Crippen molar-refractivity contribution < 1.29 is 0 Å². The Bertz CT molecular complexity index is 944. The highest BCUT2D eigenvalue weighted by molar-refractivity contribution is 7.98. The lowest BCUT2D eigenvalue weighted by Crippen LogP contribution is -2.08. The van der Waals surface area contributed by atoms with Gasteiger partial charge >= 0.3 is 0 Å². The number of benzene rings is 2. The lowest BCUT2D eigenvalue weighted by atomic mass is 10.0. The first kappa shape index (κ1) is 15.4. The minimum absolute atomic E-state index is 0.502. The maximum Gasteiger partial charge on any atom is 0.159 e. The van der Waals surface area contributed by atoms with Gasteiger partial charge in [-0.3, -0.25) is 9.56 Å². The molecule has 0 bridgehead atoms. The monoisotopic (exact) mass is 354 g/mol. The fraction of sp³-hybridized carbons (Fsp3) is 0.167. The van der Waals surface area contributed by atoms with E-state index in [2.05, 4.69) is 39.2 Å². The minimum atomic E-state index is 0.502. The van der Waals surface area contributed by atoms with E-state index in [1.165, 1.54) is 4.90 Å². The van der Waals surface area contributed by atoms with Crippen molar-refractivity contribution in [3.8, 4) is 5.69 Å². The number of fused-ring (bicyclic) bond motifs is 3. The summed E-state index contributed by atoms with van der Waals surface area (Å²) in [5, 5.41) is 9.21. The van der Waals surface area contributed by atoms with Crippen LogP contribution < -0.4 is 0 Å². The first-order valence-corrected chi connectivity index (χ1v) is 9.17. The van der Waals surface area contributed by atoms with Crippen molar-refractivity contribution in [2.24, 2.45) is 4.99 Å². The number of aromatic nitrogens is 3. The van der Waals surface area contributed by atoms with E-state index in [-0.39, 0.29) is 0 Å². The van der Waals surface area contributed by atoms with E-state index in [1.54, 1.807) is 11.8 Å². The van der Waals surface area contributed by atoms with Crippen molar-refractivity contribution in [1.29, 1.82) is 0 Å². The van der Waals surface area contributed by atoms with Crippen molar-refractivity contribution >= 4 is 29.1 Å². The van der Waals surface area contributed by atoms with Crippen molar-refractivity contribution in [2.75, 3.05) is 6.26 Å². The molecule has 0 N–H and O–H groups in total. The number of nitrogens with zero attached hydrogens (tertiary/aromatic N) is 4. The zero-order valence-electron chi connectivity index (χ0n) is 13.3. The molecule has 0 atom stereocenters. The molecule has 2 aromatic carbocycles. The third-order valence-electron chi connectivity index (χ3n) is 4.09. The molecule has 0 spiro atoms. The summed E-state index contributed by atoms with van der Waals surface area (Å²) in [6.45, 7) is 2.47. The predicted molar refractivity (Wildman–Crippen MR) is 98.7 cm³/mol. The third kappa shape index (κ3) is 2.54. The van der Waals surface area contributed by atoms with Crippen LogP contribution in [0.25, 0.3) is 5.69 Å². The van der Waals surface area contributed by atoms with Gasteiger partial charge in [0.1, 0.15) is 12.4 Å². The number of hydrogen-bond donors (Lipinski definition) is 0. The smallest absolute Gasteiger partial charge is 0.159 e.